The zero-order chi connectivity index (χ0) is 19.6. The third-order valence-corrected chi connectivity index (χ3v) is 6.01. The topological polar surface area (TPSA) is 49.4 Å². The van der Waals surface area contributed by atoms with Gasteiger partial charge in [-0.05, 0) is 55.5 Å². The molecule has 2 aliphatic rings. The summed E-state index contributed by atoms with van der Waals surface area (Å²) >= 11 is 0. The van der Waals surface area contributed by atoms with Crippen LogP contribution in [0.15, 0.2) is 54.6 Å². The first-order valence-corrected chi connectivity index (χ1v) is 9.95. The van der Waals surface area contributed by atoms with Crippen LogP contribution in [-0.2, 0) is 10.2 Å². The Hall–Kier alpha value is -2.69. The number of halogens is 1. The molecule has 1 aliphatic heterocycles. The second-order valence-corrected chi connectivity index (χ2v) is 7.96. The number of hydrogen-bond acceptors (Lipinski definition) is 2. The molecule has 5 heteroatoms. The van der Waals surface area contributed by atoms with Crippen LogP contribution in [0, 0.1) is 11.7 Å². The fourth-order valence-corrected chi connectivity index (χ4v) is 4.06. The Kier molecular flexibility index (Phi) is 5.16. The van der Waals surface area contributed by atoms with Gasteiger partial charge >= 0.3 is 0 Å². The van der Waals surface area contributed by atoms with E-state index in [2.05, 4.69) is 17.4 Å². The van der Waals surface area contributed by atoms with Crippen molar-refractivity contribution in [1.82, 2.24) is 10.2 Å². The summed E-state index contributed by atoms with van der Waals surface area (Å²) in [5.74, 6) is -0.663. The van der Waals surface area contributed by atoms with Crippen LogP contribution in [0.25, 0.3) is 0 Å². The summed E-state index contributed by atoms with van der Waals surface area (Å²) in [7, 11) is 0. The van der Waals surface area contributed by atoms with Gasteiger partial charge in [0.25, 0.3) is 5.91 Å². The maximum absolute atomic E-state index is 13.1. The molecule has 1 saturated carbocycles. The average Bonchev–Trinajstić information content (AvgIpc) is 3.54. The van der Waals surface area contributed by atoms with Crippen LogP contribution in [0.5, 0.6) is 0 Å². The Bertz CT molecular complexity index is 847. The Morgan fingerprint density at radius 2 is 1.79 bits per heavy atom. The third-order valence-electron chi connectivity index (χ3n) is 6.01. The van der Waals surface area contributed by atoms with Crippen molar-refractivity contribution in [1.29, 1.82) is 0 Å². The Balaban J connectivity index is 1.35. The van der Waals surface area contributed by atoms with Crippen molar-refractivity contribution in [3.8, 4) is 0 Å². The number of nitrogens with one attached hydrogen (secondary N) is 1. The molecule has 4 rings (SSSR count). The van der Waals surface area contributed by atoms with Gasteiger partial charge in [0.05, 0.1) is 5.92 Å². The van der Waals surface area contributed by atoms with E-state index in [4.69, 9.17) is 0 Å². The number of amides is 2. The Labute approximate surface area is 164 Å². The second kappa shape index (κ2) is 7.74. The van der Waals surface area contributed by atoms with Crippen molar-refractivity contribution >= 4 is 11.8 Å². The molecule has 28 heavy (non-hydrogen) atoms. The summed E-state index contributed by atoms with van der Waals surface area (Å²) in [5, 5.41) is 3.13. The molecule has 0 aromatic heterocycles. The van der Waals surface area contributed by atoms with Crippen molar-refractivity contribution in [2.45, 2.75) is 31.1 Å². The highest BCUT2D eigenvalue weighted by Crippen LogP contribution is 2.47. The molecule has 2 aromatic rings. The van der Waals surface area contributed by atoms with E-state index in [-0.39, 0.29) is 29.0 Å². The Morgan fingerprint density at radius 1 is 1.07 bits per heavy atom. The van der Waals surface area contributed by atoms with Crippen molar-refractivity contribution in [3.63, 3.8) is 0 Å². The van der Waals surface area contributed by atoms with Crippen LogP contribution >= 0.6 is 0 Å². The van der Waals surface area contributed by atoms with Gasteiger partial charge in [-0.25, -0.2) is 4.39 Å². The number of hydrogen-bond donors (Lipinski definition) is 1. The first-order valence-electron chi connectivity index (χ1n) is 9.95. The minimum Gasteiger partial charge on any atom is -0.355 e. The molecule has 1 saturated heterocycles. The molecule has 0 spiro atoms. The molecule has 1 unspecified atom stereocenters. The van der Waals surface area contributed by atoms with Gasteiger partial charge < -0.3 is 10.2 Å². The van der Waals surface area contributed by atoms with Crippen molar-refractivity contribution in [2.24, 2.45) is 5.92 Å². The molecule has 0 radical (unpaired) electrons. The fraction of sp³-hybridized carbons (Fsp3) is 0.391. The average molecular weight is 380 g/mol. The first kappa shape index (κ1) is 18.7. The number of likely N-dealkylation sites (tertiary alicyclic amines) is 1. The minimum atomic E-state index is -0.361. The van der Waals surface area contributed by atoms with Crippen LogP contribution in [0.1, 0.15) is 41.6 Å². The van der Waals surface area contributed by atoms with E-state index in [0.717, 1.165) is 25.7 Å². The lowest BCUT2D eigenvalue weighted by Gasteiger charge is -2.32. The fourth-order valence-electron chi connectivity index (χ4n) is 4.06. The molecule has 2 amide bonds. The minimum absolute atomic E-state index is 0.0267. The molecular weight excluding hydrogens is 355 g/mol. The molecule has 0 bridgehead atoms. The van der Waals surface area contributed by atoms with Gasteiger partial charge in [-0.2, -0.15) is 0 Å². The van der Waals surface area contributed by atoms with Crippen LogP contribution in [-0.4, -0.2) is 36.3 Å². The molecule has 2 fully saturated rings. The number of nitrogens with zero attached hydrogens (tertiary/aromatic N) is 1. The molecule has 4 nitrogen and oxygen atoms in total. The molecular formula is C23H25FN2O2. The summed E-state index contributed by atoms with van der Waals surface area (Å²) in [5.41, 5.74) is 1.82. The standard InChI is InChI=1S/C23H25FN2O2/c24-20-10-8-17(9-11-20)22(28)26-14-4-5-18(15-26)21(27)25-16-23(12-13-23)19-6-2-1-3-7-19/h1-3,6-11,18H,4-5,12-16H2,(H,25,27). The number of rotatable bonds is 5. The predicted octanol–water partition coefficient (Wildman–Crippen LogP) is 3.53. The highest BCUT2D eigenvalue weighted by Gasteiger charge is 2.44. The number of carbonyl (C=O) groups excluding carboxylic acids is 2. The van der Waals surface area contributed by atoms with Crippen molar-refractivity contribution < 1.29 is 14.0 Å². The lowest BCUT2D eigenvalue weighted by atomic mass is 9.94. The lowest BCUT2D eigenvalue weighted by Crippen LogP contribution is -2.46. The van der Waals surface area contributed by atoms with Gasteiger partial charge in [0.1, 0.15) is 5.82 Å². The number of benzene rings is 2. The highest BCUT2D eigenvalue weighted by molar-refractivity contribution is 5.94. The quantitative estimate of drug-likeness (QED) is 0.863. The third kappa shape index (κ3) is 3.93. The molecule has 2 aromatic carbocycles. The summed E-state index contributed by atoms with van der Waals surface area (Å²) in [6.45, 7) is 1.70. The van der Waals surface area contributed by atoms with Crippen molar-refractivity contribution in [2.75, 3.05) is 19.6 Å². The molecule has 1 heterocycles. The SMILES string of the molecule is O=C(NCC1(c2ccccc2)CC1)C1CCCN(C(=O)c2ccc(F)cc2)C1. The predicted molar refractivity (Wildman–Crippen MR) is 105 cm³/mol. The summed E-state index contributed by atoms with van der Waals surface area (Å²) in [4.78, 5) is 27.1. The van der Waals surface area contributed by atoms with E-state index in [1.54, 1.807) is 4.90 Å². The van der Waals surface area contributed by atoms with Crippen molar-refractivity contribution in [3.05, 3.63) is 71.5 Å². The number of piperidine rings is 1. The molecule has 1 N–H and O–H groups in total. The highest BCUT2D eigenvalue weighted by atomic mass is 19.1. The van der Waals surface area contributed by atoms with Crippen LogP contribution in [0.3, 0.4) is 0 Å². The zero-order valence-corrected chi connectivity index (χ0v) is 15.9. The van der Waals surface area contributed by atoms with E-state index < -0.39 is 0 Å². The van der Waals surface area contributed by atoms with Gasteiger partial charge in [-0.15, -0.1) is 0 Å². The largest absolute Gasteiger partial charge is 0.355 e. The summed E-state index contributed by atoms with van der Waals surface area (Å²) < 4.78 is 13.1. The van der Waals surface area contributed by atoms with Gasteiger partial charge in [0, 0.05) is 30.6 Å². The zero-order valence-electron chi connectivity index (χ0n) is 15.9. The van der Waals surface area contributed by atoms with Gasteiger partial charge in [0.15, 0.2) is 0 Å². The van der Waals surface area contributed by atoms with E-state index >= 15 is 0 Å². The lowest BCUT2D eigenvalue weighted by molar-refractivity contribution is -0.126. The van der Waals surface area contributed by atoms with E-state index in [1.165, 1.54) is 29.8 Å². The maximum Gasteiger partial charge on any atom is 0.253 e. The van der Waals surface area contributed by atoms with E-state index in [1.807, 2.05) is 18.2 Å². The smallest absolute Gasteiger partial charge is 0.253 e. The normalized spacial score (nSPS) is 20.5. The van der Waals surface area contributed by atoms with Gasteiger partial charge in [0.2, 0.25) is 5.91 Å². The van der Waals surface area contributed by atoms with Crippen LogP contribution in [0.2, 0.25) is 0 Å². The maximum atomic E-state index is 13.1. The van der Waals surface area contributed by atoms with E-state index in [0.29, 0.717) is 25.2 Å². The summed E-state index contributed by atoms with van der Waals surface area (Å²) in [6, 6.07) is 15.9. The summed E-state index contributed by atoms with van der Waals surface area (Å²) in [6.07, 6.45) is 3.78. The van der Waals surface area contributed by atoms with Gasteiger partial charge in [-0.1, -0.05) is 30.3 Å². The second-order valence-electron chi connectivity index (χ2n) is 7.96. The first-order chi connectivity index (χ1) is 13.6. The number of carbonyl (C=O) groups is 2. The van der Waals surface area contributed by atoms with Crippen LogP contribution < -0.4 is 5.32 Å². The van der Waals surface area contributed by atoms with Gasteiger partial charge in [-0.3, -0.25) is 9.59 Å². The molecule has 1 atom stereocenters. The monoisotopic (exact) mass is 380 g/mol. The van der Waals surface area contributed by atoms with E-state index in [9.17, 15) is 14.0 Å². The molecule has 1 aliphatic carbocycles. The Morgan fingerprint density at radius 3 is 2.46 bits per heavy atom. The molecule has 146 valence electrons. The van der Waals surface area contributed by atoms with Crippen LogP contribution in [0.4, 0.5) is 4.39 Å².